The number of hydrogen-bond donors (Lipinski definition) is 0. The van der Waals surface area contributed by atoms with Gasteiger partial charge in [-0.15, -0.1) is 0 Å². The zero-order valence-corrected chi connectivity index (χ0v) is 9.45. The number of fused-ring (bicyclic) bond motifs is 1. The Morgan fingerprint density at radius 3 is 2.59 bits per heavy atom. The first kappa shape index (κ1) is 9.97. The van der Waals surface area contributed by atoms with E-state index < -0.39 is 0 Å². The van der Waals surface area contributed by atoms with Crippen LogP contribution in [0.1, 0.15) is 5.56 Å². The van der Waals surface area contributed by atoms with E-state index in [9.17, 15) is 0 Å². The second-order valence-corrected chi connectivity index (χ2v) is 4.04. The van der Waals surface area contributed by atoms with Gasteiger partial charge in [0.05, 0.1) is 5.52 Å². The molecule has 82 valence electrons. The van der Waals surface area contributed by atoms with E-state index in [0.29, 0.717) is 0 Å². The molecule has 0 radical (unpaired) electrons. The molecule has 0 atom stereocenters. The van der Waals surface area contributed by atoms with E-state index >= 15 is 0 Å². The highest BCUT2D eigenvalue weighted by Gasteiger charge is 2.05. The molecular weight excluding hydrogens is 208 g/mol. The fourth-order valence-electron chi connectivity index (χ4n) is 2.03. The van der Waals surface area contributed by atoms with E-state index in [4.69, 9.17) is 0 Å². The number of para-hydroxylation sites is 1. The summed E-state index contributed by atoms with van der Waals surface area (Å²) in [6.07, 6.45) is 6.03. The van der Waals surface area contributed by atoms with Crippen molar-refractivity contribution < 1.29 is 4.57 Å². The predicted molar refractivity (Wildman–Crippen MR) is 67.5 cm³/mol. The quantitative estimate of drug-likeness (QED) is 0.608. The van der Waals surface area contributed by atoms with Gasteiger partial charge < -0.3 is 0 Å². The molecule has 0 spiro atoms. The summed E-state index contributed by atoms with van der Waals surface area (Å²) in [5.41, 5.74) is 2.35. The molecule has 3 aromatic rings. The number of benzene rings is 1. The smallest absolute Gasteiger partial charge is 0.174 e. The van der Waals surface area contributed by atoms with E-state index in [1.54, 1.807) is 0 Å². The molecule has 0 unspecified atom stereocenters. The summed E-state index contributed by atoms with van der Waals surface area (Å²) in [6, 6.07) is 16.5. The summed E-state index contributed by atoms with van der Waals surface area (Å²) < 4.78 is 2.17. The molecule has 0 bridgehead atoms. The van der Waals surface area contributed by atoms with E-state index in [1.807, 2.05) is 30.5 Å². The maximum Gasteiger partial charge on any atom is 0.174 e. The van der Waals surface area contributed by atoms with Crippen molar-refractivity contribution in [2.45, 2.75) is 6.54 Å². The molecule has 0 saturated carbocycles. The lowest BCUT2D eigenvalue weighted by atomic mass is 10.1. The van der Waals surface area contributed by atoms with Crippen molar-refractivity contribution >= 4 is 10.9 Å². The van der Waals surface area contributed by atoms with Gasteiger partial charge in [0.1, 0.15) is 0 Å². The number of aromatic nitrogens is 2. The Labute approximate surface area is 100 Å². The lowest BCUT2D eigenvalue weighted by Gasteiger charge is -2.02. The van der Waals surface area contributed by atoms with E-state index in [0.717, 1.165) is 12.1 Å². The molecule has 2 heteroatoms. The lowest BCUT2D eigenvalue weighted by Crippen LogP contribution is -2.32. The van der Waals surface area contributed by atoms with Crippen molar-refractivity contribution in [3.63, 3.8) is 0 Å². The molecule has 2 nitrogen and oxygen atoms in total. The summed E-state index contributed by atoms with van der Waals surface area (Å²) in [5.74, 6) is 0. The highest BCUT2D eigenvalue weighted by atomic mass is 14.9. The highest BCUT2D eigenvalue weighted by molar-refractivity contribution is 5.81. The van der Waals surface area contributed by atoms with Gasteiger partial charge in [-0.2, -0.15) is 0 Å². The molecule has 3 rings (SSSR count). The van der Waals surface area contributed by atoms with Gasteiger partial charge in [-0.1, -0.05) is 24.3 Å². The second kappa shape index (κ2) is 4.34. The minimum absolute atomic E-state index is 0.879. The molecular formula is C15H13N2+. The first-order valence-corrected chi connectivity index (χ1v) is 5.70. The maximum absolute atomic E-state index is 4.37. The van der Waals surface area contributed by atoms with Gasteiger partial charge in [0, 0.05) is 29.3 Å². The fourth-order valence-corrected chi connectivity index (χ4v) is 2.03. The van der Waals surface area contributed by atoms with E-state index in [2.05, 4.69) is 46.2 Å². The number of pyridine rings is 2. The Bertz CT molecular complexity index is 627. The van der Waals surface area contributed by atoms with Gasteiger partial charge in [0.2, 0.25) is 0 Å². The van der Waals surface area contributed by atoms with Crippen molar-refractivity contribution in [3.8, 4) is 0 Å². The van der Waals surface area contributed by atoms with Crippen LogP contribution in [0.15, 0.2) is 67.1 Å². The van der Waals surface area contributed by atoms with Crippen molar-refractivity contribution in [2.75, 3.05) is 0 Å². The van der Waals surface area contributed by atoms with Gasteiger partial charge in [-0.3, -0.25) is 4.98 Å². The van der Waals surface area contributed by atoms with E-state index in [1.165, 1.54) is 10.9 Å². The molecule has 2 heterocycles. The number of nitrogens with zero attached hydrogens (tertiary/aromatic N) is 2. The Balaban J connectivity index is 2.06. The fraction of sp³-hybridized carbons (Fsp3) is 0.0667. The average molecular weight is 221 g/mol. The minimum atomic E-state index is 0.879. The van der Waals surface area contributed by atoms with Gasteiger partial charge >= 0.3 is 0 Å². The monoisotopic (exact) mass is 221 g/mol. The standard InChI is InChI=1S/C15H13N2/c1-4-10-17(11-5-1)12-13-8-9-16-15-7-3-2-6-14(13)15/h1-11H,12H2/q+1. The minimum Gasteiger partial charge on any atom is -0.256 e. The summed E-state index contributed by atoms with van der Waals surface area (Å²) in [5, 5.41) is 1.23. The van der Waals surface area contributed by atoms with Crippen LogP contribution in [-0.2, 0) is 6.54 Å². The first-order chi connectivity index (χ1) is 8.43. The molecule has 0 aliphatic heterocycles. The SMILES string of the molecule is c1cc[n+](Cc2ccnc3ccccc23)cc1. The molecule has 0 amide bonds. The lowest BCUT2D eigenvalue weighted by molar-refractivity contribution is -0.688. The van der Waals surface area contributed by atoms with Crippen molar-refractivity contribution in [3.05, 3.63) is 72.7 Å². The molecule has 0 N–H and O–H groups in total. The summed E-state index contributed by atoms with van der Waals surface area (Å²) in [4.78, 5) is 4.37. The predicted octanol–water partition coefficient (Wildman–Crippen LogP) is 2.57. The first-order valence-electron chi connectivity index (χ1n) is 5.70. The molecule has 2 aromatic heterocycles. The number of hydrogen-bond acceptors (Lipinski definition) is 1. The summed E-state index contributed by atoms with van der Waals surface area (Å²) in [7, 11) is 0. The van der Waals surface area contributed by atoms with Crippen LogP contribution in [0.25, 0.3) is 10.9 Å². The van der Waals surface area contributed by atoms with Crippen molar-refractivity contribution in [1.29, 1.82) is 0 Å². The largest absolute Gasteiger partial charge is 0.256 e. The third kappa shape index (κ3) is 2.02. The number of rotatable bonds is 2. The normalized spacial score (nSPS) is 10.6. The van der Waals surface area contributed by atoms with Crippen LogP contribution in [0, 0.1) is 0 Å². The zero-order valence-electron chi connectivity index (χ0n) is 9.45. The van der Waals surface area contributed by atoms with Crippen LogP contribution < -0.4 is 4.57 Å². The van der Waals surface area contributed by atoms with Crippen LogP contribution >= 0.6 is 0 Å². The molecule has 0 fully saturated rings. The molecule has 0 aliphatic carbocycles. The van der Waals surface area contributed by atoms with Gasteiger partial charge in [-0.25, -0.2) is 4.57 Å². The molecule has 17 heavy (non-hydrogen) atoms. The Morgan fingerprint density at radius 1 is 0.882 bits per heavy atom. The van der Waals surface area contributed by atoms with Gasteiger partial charge in [-0.05, 0) is 12.1 Å². The summed E-state index contributed by atoms with van der Waals surface area (Å²) >= 11 is 0. The highest BCUT2D eigenvalue weighted by Crippen LogP contribution is 2.15. The van der Waals surface area contributed by atoms with Crippen LogP contribution in [0.3, 0.4) is 0 Å². The van der Waals surface area contributed by atoms with Gasteiger partial charge in [0.25, 0.3) is 0 Å². The Kier molecular flexibility index (Phi) is 2.54. The summed E-state index contributed by atoms with van der Waals surface area (Å²) in [6.45, 7) is 0.879. The van der Waals surface area contributed by atoms with Crippen LogP contribution in [-0.4, -0.2) is 4.98 Å². The third-order valence-corrected chi connectivity index (χ3v) is 2.87. The van der Waals surface area contributed by atoms with E-state index in [-0.39, 0.29) is 0 Å². The van der Waals surface area contributed by atoms with Crippen molar-refractivity contribution in [2.24, 2.45) is 0 Å². The van der Waals surface area contributed by atoms with Crippen LogP contribution in [0.5, 0.6) is 0 Å². The van der Waals surface area contributed by atoms with Crippen LogP contribution in [0.4, 0.5) is 0 Å². The zero-order chi connectivity index (χ0) is 11.5. The topological polar surface area (TPSA) is 16.8 Å². The van der Waals surface area contributed by atoms with Gasteiger partial charge in [0.15, 0.2) is 18.9 Å². The Morgan fingerprint density at radius 2 is 1.71 bits per heavy atom. The molecule has 0 saturated heterocycles. The van der Waals surface area contributed by atoms with Crippen LogP contribution in [0.2, 0.25) is 0 Å². The third-order valence-electron chi connectivity index (χ3n) is 2.87. The van der Waals surface area contributed by atoms with Crippen molar-refractivity contribution in [1.82, 2.24) is 4.98 Å². The molecule has 0 aliphatic rings. The second-order valence-electron chi connectivity index (χ2n) is 4.04. The molecule has 1 aromatic carbocycles. The maximum atomic E-state index is 4.37. The Hall–Kier alpha value is -2.22. The average Bonchev–Trinajstić information content (AvgIpc) is 2.40.